The van der Waals surface area contributed by atoms with Crippen LogP contribution in [0, 0.1) is 0 Å². The molecule has 0 atom stereocenters. The Balaban J connectivity index is 1.80. The van der Waals surface area contributed by atoms with Gasteiger partial charge in [-0.1, -0.05) is 35.3 Å². The largest absolute Gasteiger partial charge is 0.302 e. The molecular weight excluding hydrogens is 303 g/mol. The zero-order valence-electron chi connectivity index (χ0n) is 12.5. The molecule has 1 aliphatic heterocycles. The van der Waals surface area contributed by atoms with Crippen LogP contribution in [-0.4, -0.2) is 49.1 Å². The second-order valence-electron chi connectivity index (χ2n) is 5.64. The maximum absolute atomic E-state index is 6.07. The summed E-state index contributed by atoms with van der Waals surface area (Å²) in [5, 5.41) is 1.26. The van der Waals surface area contributed by atoms with Gasteiger partial charge in [-0.3, -0.25) is 4.90 Å². The van der Waals surface area contributed by atoms with Crippen molar-refractivity contribution in [3.8, 4) is 0 Å². The predicted octanol–water partition coefficient (Wildman–Crippen LogP) is 4.12. The van der Waals surface area contributed by atoms with Gasteiger partial charge in [-0.05, 0) is 50.0 Å². The van der Waals surface area contributed by atoms with Crippen molar-refractivity contribution in [3.63, 3.8) is 0 Å². The maximum Gasteiger partial charge on any atom is 0.0595 e. The zero-order chi connectivity index (χ0) is 15.1. The number of rotatable bonds is 8. The highest BCUT2D eigenvalue weighted by atomic mass is 35.5. The highest BCUT2D eigenvalue weighted by Gasteiger charge is 2.12. The minimum Gasteiger partial charge on any atom is -0.302 e. The SMILES string of the molecule is C=CCN(CCc1ccc(Cl)c(Cl)c1)CCN1CCCC1. The van der Waals surface area contributed by atoms with E-state index in [1.165, 1.54) is 31.5 Å². The average Bonchev–Trinajstić information content (AvgIpc) is 2.99. The molecule has 2 rings (SSSR count). The second kappa shape index (κ2) is 8.79. The molecule has 0 saturated carbocycles. The molecule has 0 N–H and O–H groups in total. The first-order valence-corrected chi connectivity index (χ1v) is 8.44. The van der Waals surface area contributed by atoms with Crippen LogP contribution in [0.1, 0.15) is 18.4 Å². The van der Waals surface area contributed by atoms with E-state index in [1.54, 1.807) is 0 Å². The minimum absolute atomic E-state index is 0.623. The molecule has 1 aromatic carbocycles. The Labute approximate surface area is 138 Å². The Bertz CT molecular complexity index is 456. The molecule has 0 aliphatic carbocycles. The monoisotopic (exact) mass is 326 g/mol. The molecule has 116 valence electrons. The first-order valence-electron chi connectivity index (χ1n) is 7.68. The van der Waals surface area contributed by atoms with Crippen molar-refractivity contribution in [2.24, 2.45) is 0 Å². The summed E-state index contributed by atoms with van der Waals surface area (Å²) in [4.78, 5) is 5.00. The summed E-state index contributed by atoms with van der Waals surface area (Å²) in [6, 6.07) is 5.90. The van der Waals surface area contributed by atoms with E-state index in [4.69, 9.17) is 23.2 Å². The van der Waals surface area contributed by atoms with Crippen LogP contribution in [0.4, 0.5) is 0 Å². The molecule has 0 aromatic heterocycles. The van der Waals surface area contributed by atoms with E-state index < -0.39 is 0 Å². The third-order valence-electron chi connectivity index (χ3n) is 4.02. The quantitative estimate of drug-likeness (QED) is 0.663. The average molecular weight is 327 g/mol. The first kappa shape index (κ1) is 16.8. The highest BCUT2D eigenvalue weighted by molar-refractivity contribution is 6.42. The van der Waals surface area contributed by atoms with Crippen LogP contribution < -0.4 is 0 Å². The first-order chi connectivity index (χ1) is 10.2. The van der Waals surface area contributed by atoms with Gasteiger partial charge in [-0.2, -0.15) is 0 Å². The van der Waals surface area contributed by atoms with Gasteiger partial charge in [-0.25, -0.2) is 0 Å². The van der Waals surface area contributed by atoms with E-state index in [2.05, 4.69) is 22.4 Å². The number of benzene rings is 1. The maximum atomic E-state index is 6.07. The van der Waals surface area contributed by atoms with Crippen molar-refractivity contribution < 1.29 is 0 Å². The molecule has 1 saturated heterocycles. The lowest BCUT2D eigenvalue weighted by molar-refractivity contribution is 0.243. The van der Waals surface area contributed by atoms with Gasteiger partial charge in [0.2, 0.25) is 0 Å². The Hall–Kier alpha value is -0.540. The molecule has 1 fully saturated rings. The fourth-order valence-electron chi connectivity index (χ4n) is 2.75. The number of halogens is 2. The molecule has 0 spiro atoms. The summed E-state index contributed by atoms with van der Waals surface area (Å²) in [6.07, 6.45) is 5.68. The van der Waals surface area contributed by atoms with E-state index in [0.717, 1.165) is 32.6 Å². The third-order valence-corrected chi connectivity index (χ3v) is 4.76. The predicted molar refractivity (Wildman–Crippen MR) is 92.5 cm³/mol. The van der Waals surface area contributed by atoms with Crippen molar-refractivity contribution in [1.82, 2.24) is 9.80 Å². The molecule has 1 aromatic rings. The van der Waals surface area contributed by atoms with Gasteiger partial charge in [-0.15, -0.1) is 6.58 Å². The summed E-state index contributed by atoms with van der Waals surface area (Å²) >= 11 is 12.0. The molecule has 2 nitrogen and oxygen atoms in total. The lowest BCUT2D eigenvalue weighted by Gasteiger charge is -2.24. The van der Waals surface area contributed by atoms with Gasteiger partial charge in [0, 0.05) is 26.2 Å². The van der Waals surface area contributed by atoms with E-state index in [1.807, 2.05) is 18.2 Å². The van der Waals surface area contributed by atoms with E-state index in [-0.39, 0.29) is 0 Å². The molecule has 21 heavy (non-hydrogen) atoms. The summed E-state index contributed by atoms with van der Waals surface area (Å²) in [5.74, 6) is 0. The Morgan fingerprint density at radius 3 is 2.57 bits per heavy atom. The topological polar surface area (TPSA) is 6.48 Å². The van der Waals surface area contributed by atoms with Crippen LogP contribution in [0.2, 0.25) is 10.0 Å². The molecule has 0 bridgehead atoms. The lowest BCUT2D eigenvalue weighted by atomic mass is 10.1. The molecule has 4 heteroatoms. The smallest absolute Gasteiger partial charge is 0.0595 e. The number of hydrogen-bond donors (Lipinski definition) is 0. The third kappa shape index (κ3) is 5.63. The van der Waals surface area contributed by atoms with Crippen LogP contribution >= 0.6 is 23.2 Å². The Morgan fingerprint density at radius 2 is 1.90 bits per heavy atom. The molecule has 1 aliphatic rings. The highest BCUT2D eigenvalue weighted by Crippen LogP contribution is 2.22. The van der Waals surface area contributed by atoms with Crippen molar-refractivity contribution in [3.05, 3.63) is 46.5 Å². The summed E-state index contributed by atoms with van der Waals surface area (Å²) in [6.45, 7) is 10.6. The van der Waals surface area contributed by atoms with E-state index >= 15 is 0 Å². The molecule has 0 radical (unpaired) electrons. The van der Waals surface area contributed by atoms with Crippen molar-refractivity contribution in [2.45, 2.75) is 19.3 Å². The normalized spacial score (nSPS) is 15.8. The van der Waals surface area contributed by atoms with Crippen molar-refractivity contribution in [2.75, 3.05) is 39.3 Å². The standard InChI is InChI=1S/C17H24Cl2N2/c1-2-8-20(12-13-21-9-3-4-10-21)11-7-15-5-6-16(18)17(19)14-15/h2,5-6,14H,1,3-4,7-13H2. The number of hydrogen-bond acceptors (Lipinski definition) is 2. The van der Waals surface area contributed by atoms with Gasteiger partial charge >= 0.3 is 0 Å². The van der Waals surface area contributed by atoms with E-state index in [0.29, 0.717) is 10.0 Å². The summed E-state index contributed by atoms with van der Waals surface area (Å²) in [5.41, 5.74) is 1.24. The summed E-state index contributed by atoms with van der Waals surface area (Å²) in [7, 11) is 0. The molecule has 0 unspecified atom stereocenters. The molecule has 1 heterocycles. The minimum atomic E-state index is 0.623. The fraction of sp³-hybridized carbons (Fsp3) is 0.529. The number of likely N-dealkylation sites (tertiary alicyclic amines) is 1. The Kier molecular flexibility index (Phi) is 7.05. The van der Waals surface area contributed by atoms with Gasteiger partial charge < -0.3 is 4.90 Å². The fourth-order valence-corrected chi connectivity index (χ4v) is 3.07. The summed E-state index contributed by atoms with van der Waals surface area (Å²) < 4.78 is 0. The van der Waals surface area contributed by atoms with Crippen molar-refractivity contribution in [1.29, 1.82) is 0 Å². The van der Waals surface area contributed by atoms with Crippen LogP contribution in [0.3, 0.4) is 0 Å². The van der Waals surface area contributed by atoms with Gasteiger partial charge in [0.25, 0.3) is 0 Å². The van der Waals surface area contributed by atoms with Crippen LogP contribution in [0.25, 0.3) is 0 Å². The Morgan fingerprint density at radius 1 is 1.14 bits per heavy atom. The lowest BCUT2D eigenvalue weighted by Crippen LogP contribution is -2.35. The van der Waals surface area contributed by atoms with Gasteiger partial charge in [0.15, 0.2) is 0 Å². The zero-order valence-corrected chi connectivity index (χ0v) is 14.0. The number of nitrogens with zero attached hydrogens (tertiary/aromatic N) is 2. The van der Waals surface area contributed by atoms with Crippen LogP contribution in [-0.2, 0) is 6.42 Å². The van der Waals surface area contributed by atoms with Crippen LogP contribution in [0.15, 0.2) is 30.9 Å². The van der Waals surface area contributed by atoms with Crippen molar-refractivity contribution >= 4 is 23.2 Å². The molecule has 0 amide bonds. The second-order valence-corrected chi connectivity index (χ2v) is 6.45. The van der Waals surface area contributed by atoms with Crippen LogP contribution in [0.5, 0.6) is 0 Å². The van der Waals surface area contributed by atoms with E-state index in [9.17, 15) is 0 Å². The van der Waals surface area contributed by atoms with Gasteiger partial charge in [0.05, 0.1) is 10.0 Å². The molecular formula is C17H24Cl2N2. The van der Waals surface area contributed by atoms with Gasteiger partial charge in [0.1, 0.15) is 0 Å².